The number of hydrogen-bond donors (Lipinski definition) is 2. The number of nitrogens with zero attached hydrogens (tertiary/aromatic N) is 1. The Morgan fingerprint density at radius 1 is 1.12 bits per heavy atom. The van der Waals surface area contributed by atoms with Gasteiger partial charge in [0, 0.05) is 10.7 Å². The fourth-order valence-electron chi connectivity index (χ4n) is 3.02. The number of halogens is 1. The third kappa shape index (κ3) is 6.18. The molecule has 3 aromatic carbocycles. The molecule has 0 aromatic heterocycles. The van der Waals surface area contributed by atoms with E-state index in [0.29, 0.717) is 38.0 Å². The first-order valence-electron chi connectivity index (χ1n) is 10.2. The van der Waals surface area contributed by atoms with Crippen LogP contribution in [0.5, 0.6) is 11.5 Å². The zero-order chi connectivity index (χ0) is 23.9. The first kappa shape index (κ1) is 23.4. The van der Waals surface area contributed by atoms with Crippen LogP contribution in [0, 0.1) is 0 Å². The smallest absolute Gasteiger partial charge is 0.264 e. The Kier molecular flexibility index (Phi) is 7.51. The van der Waals surface area contributed by atoms with Crippen LogP contribution in [0.25, 0.3) is 6.08 Å². The highest BCUT2D eigenvalue weighted by Gasteiger charge is 2.24. The second kappa shape index (κ2) is 10.9. The van der Waals surface area contributed by atoms with Crippen LogP contribution in [0.3, 0.4) is 0 Å². The maximum Gasteiger partial charge on any atom is 0.264 e. The number of methoxy groups -OCH3 is 1. The zero-order valence-corrected chi connectivity index (χ0v) is 19.7. The molecule has 3 aromatic rings. The lowest BCUT2D eigenvalue weighted by molar-refractivity contribution is -0.118. The van der Waals surface area contributed by atoms with Crippen molar-refractivity contribution in [3.8, 4) is 11.5 Å². The minimum atomic E-state index is -0.250. The van der Waals surface area contributed by atoms with Crippen molar-refractivity contribution in [3.05, 3.63) is 88.3 Å². The van der Waals surface area contributed by atoms with Crippen molar-refractivity contribution in [2.24, 2.45) is 4.99 Å². The van der Waals surface area contributed by atoms with Crippen LogP contribution in [0.1, 0.15) is 5.56 Å². The fourth-order valence-corrected chi connectivity index (χ4v) is 4.02. The van der Waals surface area contributed by atoms with Crippen molar-refractivity contribution in [1.82, 2.24) is 5.32 Å². The van der Waals surface area contributed by atoms with E-state index in [2.05, 4.69) is 15.6 Å². The van der Waals surface area contributed by atoms with Gasteiger partial charge in [-0.15, -0.1) is 0 Å². The molecule has 0 saturated carbocycles. The number of carbonyl (C=O) groups is 2. The van der Waals surface area contributed by atoms with Crippen LogP contribution in [0.4, 0.5) is 11.4 Å². The summed E-state index contributed by atoms with van der Waals surface area (Å²) in [6.07, 6.45) is 1.75. The van der Waals surface area contributed by atoms with E-state index in [1.165, 1.54) is 11.8 Å². The maximum atomic E-state index is 12.4. The predicted octanol–water partition coefficient (Wildman–Crippen LogP) is 5.26. The Balaban J connectivity index is 1.37. The highest BCUT2D eigenvalue weighted by molar-refractivity contribution is 8.18. The minimum absolute atomic E-state index is 0.111. The molecular weight excluding hydrogens is 474 g/mol. The topological polar surface area (TPSA) is 89.0 Å². The number of aliphatic imine (C=N–C) groups is 1. The number of ether oxygens (including phenoxy) is 2. The van der Waals surface area contributed by atoms with E-state index in [9.17, 15) is 9.59 Å². The summed E-state index contributed by atoms with van der Waals surface area (Å²) >= 11 is 7.27. The molecule has 0 aliphatic carbocycles. The summed E-state index contributed by atoms with van der Waals surface area (Å²) in [5.41, 5.74) is 2.04. The highest BCUT2D eigenvalue weighted by atomic mass is 35.5. The number of anilines is 1. The summed E-state index contributed by atoms with van der Waals surface area (Å²) in [6.45, 7) is -0.111. The number of nitrogens with one attached hydrogen (secondary N) is 2. The predicted molar refractivity (Wildman–Crippen MR) is 136 cm³/mol. The van der Waals surface area contributed by atoms with Gasteiger partial charge in [-0.25, -0.2) is 4.99 Å². The average Bonchev–Trinajstić information content (AvgIpc) is 3.17. The SMILES string of the molecule is COc1ccc(Cl)cc1N=C1NC(=O)/C(=C/c2ccc(OCC(=O)Nc3ccccc3)cc2)S1. The summed E-state index contributed by atoms with van der Waals surface area (Å²) in [4.78, 5) is 29.4. The van der Waals surface area contributed by atoms with Gasteiger partial charge in [0.05, 0.1) is 12.0 Å². The molecule has 7 nitrogen and oxygen atoms in total. The molecule has 1 aliphatic rings. The summed E-state index contributed by atoms with van der Waals surface area (Å²) in [6, 6.07) is 21.4. The monoisotopic (exact) mass is 493 g/mol. The van der Waals surface area contributed by atoms with E-state index in [1.807, 2.05) is 18.2 Å². The standard InChI is InChI=1S/C25H20ClN3O4S/c1-32-21-12-9-17(26)14-20(21)28-25-29-24(31)22(34-25)13-16-7-10-19(11-8-16)33-15-23(30)27-18-5-3-2-4-6-18/h2-14H,15H2,1H3,(H,27,30)(H,28,29,31)/b22-13-. The molecule has 2 amide bonds. The molecule has 1 heterocycles. The van der Waals surface area contributed by atoms with Crippen molar-refractivity contribution < 1.29 is 19.1 Å². The fraction of sp³-hybridized carbons (Fsp3) is 0.0800. The van der Waals surface area contributed by atoms with Gasteiger partial charge in [0.25, 0.3) is 11.8 Å². The molecule has 0 atom stereocenters. The van der Waals surface area contributed by atoms with Crippen molar-refractivity contribution in [2.75, 3.05) is 19.0 Å². The van der Waals surface area contributed by atoms with E-state index in [-0.39, 0.29) is 18.4 Å². The lowest BCUT2D eigenvalue weighted by Crippen LogP contribution is -2.20. The molecule has 1 fully saturated rings. The van der Waals surface area contributed by atoms with E-state index in [4.69, 9.17) is 21.1 Å². The molecule has 4 rings (SSSR count). The van der Waals surface area contributed by atoms with Gasteiger partial charge >= 0.3 is 0 Å². The van der Waals surface area contributed by atoms with E-state index in [1.54, 1.807) is 67.8 Å². The Labute approximate surface area is 205 Å². The quantitative estimate of drug-likeness (QED) is 0.438. The Hall–Kier alpha value is -3.75. The van der Waals surface area contributed by atoms with Gasteiger partial charge in [0.15, 0.2) is 11.8 Å². The lowest BCUT2D eigenvalue weighted by Gasteiger charge is -2.07. The van der Waals surface area contributed by atoms with Crippen molar-refractivity contribution in [1.29, 1.82) is 0 Å². The lowest BCUT2D eigenvalue weighted by atomic mass is 10.2. The number of carbonyl (C=O) groups excluding carboxylic acids is 2. The first-order valence-corrected chi connectivity index (χ1v) is 11.4. The number of rotatable bonds is 7. The van der Waals surface area contributed by atoms with Crippen molar-refractivity contribution >= 4 is 57.8 Å². The molecule has 1 aliphatic heterocycles. The van der Waals surface area contributed by atoms with Crippen LogP contribution in [-0.4, -0.2) is 30.7 Å². The number of amidine groups is 1. The van der Waals surface area contributed by atoms with Crippen LogP contribution < -0.4 is 20.1 Å². The molecule has 0 spiro atoms. The van der Waals surface area contributed by atoms with Gasteiger partial charge in [0.2, 0.25) is 0 Å². The molecule has 0 unspecified atom stereocenters. The minimum Gasteiger partial charge on any atom is -0.494 e. The molecular formula is C25H20ClN3O4S. The van der Waals surface area contributed by atoms with E-state index < -0.39 is 0 Å². The van der Waals surface area contributed by atoms with Crippen LogP contribution in [0.2, 0.25) is 5.02 Å². The molecule has 0 bridgehead atoms. The molecule has 0 radical (unpaired) electrons. The highest BCUT2D eigenvalue weighted by Crippen LogP contribution is 2.34. The molecule has 172 valence electrons. The summed E-state index contributed by atoms with van der Waals surface area (Å²) in [5, 5.41) is 6.46. The largest absolute Gasteiger partial charge is 0.494 e. The molecule has 9 heteroatoms. The third-order valence-corrected chi connectivity index (χ3v) is 5.76. The van der Waals surface area contributed by atoms with Gasteiger partial charge < -0.3 is 20.1 Å². The maximum absolute atomic E-state index is 12.4. The molecule has 1 saturated heterocycles. The Morgan fingerprint density at radius 2 is 1.88 bits per heavy atom. The normalized spacial score (nSPS) is 15.3. The van der Waals surface area contributed by atoms with E-state index >= 15 is 0 Å². The first-order chi connectivity index (χ1) is 16.5. The number of amides is 2. The summed E-state index contributed by atoms with van der Waals surface area (Å²) in [7, 11) is 1.54. The summed E-state index contributed by atoms with van der Waals surface area (Å²) in [5.74, 6) is 0.601. The zero-order valence-electron chi connectivity index (χ0n) is 18.1. The Bertz CT molecular complexity index is 1260. The van der Waals surface area contributed by atoms with Crippen molar-refractivity contribution in [3.63, 3.8) is 0 Å². The van der Waals surface area contributed by atoms with Crippen LogP contribution in [-0.2, 0) is 9.59 Å². The average molecular weight is 494 g/mol. The van der Waals surface area contributed by atoms with Gasteiger partial charge in [-0.05, 0) is 65.9 Å². The second-order valence-corrected chi connectivity index (χ2v) is 8.54. The molecule has 2 N–H and O–H groups in total. The van der Waals surface area contributed by atoms with Crippen molar-refractivity contribution in [2.45, 2.75) is 0 Å². The van der Waals surface area contributed by atoms with E-state index in [0.717, 1.165) is 5.56 Å². The number of benzene rings is 3. The third-order valence-electron chi connectivity index (χ3n) is 4.62. The summed E-state index contributed by atoms with van der Waals surface area (Å²) < 4.78 is 10.8. The van der Waals surface area contributed by atoms with Gasteiger partial charge in [0.1, 0.15) is 17.2 Å². The van der Waals surface area contributed by atoms with Gasteiger partial charge in [-0.1, -0.05) is 41.9 Å². The number of hydrogen-bond acceptors (Lipinski definition) is 6. The molecule has 34 heavy (non-hydrogen) atoms. The number of para-hydroxylation sites is 1. The van der Waals surface area contributed by atoms with Crippen LogP contribution in [0.15, 0.2) is 82.7 Å². The second-order valence-electron chi connectivity index (χ2n) is 7.07. The van der Waals surface area contributed by atoms with Crippen LogP contribution >= 0.6 is 23.4 Å². The Morgan fingerprint density at radius 3 is 2.62 bits per heavy atom. The van der Waals surface area contributed by atoms with Gasteiger partial charge in [-0.3, -0.25) is 9.59 Å². The van der Waals surface area contributed by atoms with Gasteiger partial charge in [-0.2, -0.15) is 0 Å². The number of thioether (sulfide) groups is 1.